The Morgan fingerprint density at radius 2 is 2.04 bits per heavy atom. The van der Waals surface area contributed by atoms with Gasteiger partial charge < -0.3 is 30.4 Å². The summed E-state index contributed by atoms with van der Waals surface area (Å²) in [5, 5.41) is 12.3. The fraction of sp³-hybridized carbons (Fsp3) is 0.529. The fourth-order valence-corrected chi connectivity index (χ4v) is 2.77. The summed E-state index contributed by atoms with van der Waals surface area (Å²) in [4.78, 5) is 23.3. The molecule has 1 aliphatic rings. The first-order chi connectivity index (χ1) is 12.0. The highest BCUT2D eigenvalue weighted by atomic mass is 16.5. The van der Waals surface area contributed by atoms with Crippen LogP contribution in [-0.4, -0.2) is 50.1 Å². The van der Waals surface area contributed by atoms with E-state index in [-0.39, 0.29) is 25.6 Å². The summed E-state index contributed by atoms with van der Waals surface area (Å²) >= 11 is 0. The molecule has 1 atom stereocenters. The van der Waals surface area contributed by atoms with Crippen molar-refractivity contribution in [2.75, 3.05) is 27.5 Å². The molecule has 0 heterocycles. The Labute approximate surface area is 146 Å². The molecule has 2 rings (SSSR count). The molecule has 0 aliphatic heterocycles. The number of rotatable bonds is 10. The first-order valence-electron chi connectivity index (χ1n) is 8.02. The summed E-state index contributed by atoms with van der Waals surface area (Å²) in [6.07, 6.45) is 1.64. The highest BCUT2D eigenvalue weighted by Gasteiger charge is 2.53. The average molecular weight is 352 g/mol. The third-order valence-corrected chi connectivity index (χ3v) is 4.33. The van der Waals surface area contributed by atoms with Crippen molar-refractivity contribution >= 4 is 11.9 Å². The molecule has 0 unspecified atom stereocenters. The largest absolute Gasteiger partial charge is 0.497 e. The van der Waals surface area contributed by atoms with Crippen LogP contribution >= 0.6 is 0 Å². The van der Waals surface area contributed by atoms with E-state index in [2.05, 4.69) is 5.32 Å². The third-order valence-electron chi connectivity index (χ3n) is 4.33. The summed E-state index contributed by atoms with van der Waals surface area (Å²) < 4.78 is 16.2. The maximum Gasteiger partial charge on any atom is 0.336 e. The van der Waals surface area contributed by atoms with Gasteiger partial charge in [-0.25, -0.2) is 4.79 Å². The van der Waals surface area contributed by atoms with E-state index in [4.69, 9.17) is 19.9 Å². The van der Waals surface area contributed by atoms with Gasteiger partial charge in [0.15, 0.2) is 5.60 Å². The van der Waals surface area contributed by atoms with Crippen LogP contribution in [0.15, 0.2) is 18.2 Å². The lowest BCUT2D eigenvalue weighted by molar-refractivity contribution is -0.171. The number of ether oxygens (including phenoxy) is 3. The number of hydrogen-bond acceptors (Lipinski definition) is 6. The summed E-state index contributed by atoms with van der Waals surface area (Å²) in [7, 11) is 3.06. The van der Waals surface area contributed by atoms with Crippen molar-refractivity contribution in [1.29, 1.82) is 0 Å². The smallest absolute Gasteiger partial charge is 0.336 e. The molecule has 1 amide bonds. The van der Waals surface area contributed by atoms with Gasteiger partial charge in [-0.2, -0.15) is 0 Å². The van der Waals surface area contributed by atoms with Crippen LogP contribution in [-0.2, 0) is 20.7 Å². The summed E-state index contributed by atoms with van der Waals surface area (Å²) in [5.41, 5.74) is 4.50. The van der Waals surface area contributed by atoms with Gasteiger partial charge in [-0.1, -0.05) is 6.07 Å². The second kappa shape index (κ2) is 8.17. The summed E-state index contributed by atoms with van der Waals surface area (Å²) in [6, 6.07) is 5.21. The topological polar surface area (TPSA) is 120 Å². The quantitative estimate of drug-likeness (QED) is 0.525. The van der Waals surface area contributed by atoms with Gasteiger partial charge in [0, 0.05) is 12.5 Å². The zero-order valence-electron chi connectivity index (χ0n) is 14.4. The van der Waals surface area contributed by atoms with Gasteiger partial charge in [-0.05, 0) is 30.4 Å². The van der Waals surface area contributed by atoms with Crippen molar-refractivity contribution in [3.8, 4) is 11.5 Å². The maximum atomic E-state index is 12.0. The first kappa shape index (κ1) is 19.0. The number of nitrogens with two attached hydrogens (primary N) is 1. The first-order valence-corrected chi connectivity index (χ1v) is 8.02. The normalized spacial score (nSPS) is 16.0. The van der Waals surface area contributed by atoms with Crippen LogP contribution in [0.25, 0.3) is 0 Å². The van der Waals surface area contributed by atoms with Crippen LogP contribution in [0, 0.1) is 5.92 Å². The van der Waals surface area contributed by atoms with Crippen LogP contribution < -0.4 is 20.5 Å². The van der Waals surface area contributed by atoms with Crippen molar-refractivity contribution in [3.63, 3.8) is 0 Å². The highest BCUT2D eigenvalue weighted by molar-refractivity contribution is 5.80. The SMILES string of the molecule is COc1ccc(C[C@](OCNC(=O)CN)(C(=O)O)C2CC2)c(OC)c1. The average Bonchev–Trinajstić information content (AvgIpc) is 3.45. The van der Waals surface area contributed by atoms with E-state index in [1.165, 1.54) is 7.11 Å². The number of amides is 1. The summed E-state index contributed by atoms with van der Waals surface area (Å²) in [6.45, 7) is -0.392. The Kier molecular flexibility index (Phi) is 6.22. The number of aliphatic carboxylic acids is 1. The molecule has 25 heavy (non-hydrogen) atoms. The van der Waals surface area contributed by atoms with Crippen LogP contribution in [0.1, 0.15) is 18.4 Å². The number of carboxylic acid groups (broad SMARTS) is 1. The van der Waals surface area contributed by atoms with Gasteiger partial charge in [0.05, 0.1) is 20.8 Å². The second-order valence-corrected chi connectivity index (χ2v) is 5.92. The predicted octanol–water partition coefficient (Wildman–Crippen LogP) is 0.529. The minimum atomic E-state index is -1.43. The van der Waals surface area contributed by atoms with Crippen LogP contribution in [0.5, 0.6) is 11.5 Å². The molecule has 0 aromatic heterocycles. The predicted molar refractivity (Wildman–Crippen MR) is 89.5 cm³/mol. The molecule has 8 nitrogen and oxygen atoms in total. The van der Waals surface area contributed by atoms with Crippen LogP contribution in [0.3, 0.4) is 0 Å². The standard InChI is InChI=1S/C17H24N2O6/c1-23-13-6-3-11(14(7-13)24-2)8-17(16(21)22,12-4-5-12)25-10-19-15(20)9-18/h3,6-7,12H,4-5,8-10,18H2,1-2H3,(H,19,20)(H,21,22)/t17-/m1/s1. The van der Waals surface area contributed by atoms with Gasteiger partial charge in [0.25, 0.3) is 0 Å². The van der Waals surface area contributed by atoms with E-state index < -0.39 is 17.5 Å². The zero-order valence-corrected chi connectivity index (χ0v) is 14.4. The molecule has 1 aliphatic carbocycles. The monoisotopic (exact) mass is 352 g/mol. The van der Waals surface area contributed by atoms with Crippen molar-refractivity contribution < 1.29 is 28.9 Å². The lowest BCUT2D eigenvalue weighted by atomic mass is 9.89. The number of benzene rings is 1. The van der Waals surface area contributed by atoms with Gasteiger partial charge in [-0.15, -0.1) is 0 Å². The molecule has 8 heteroatoms. The van der Waals surface area contributed by atoms with E-state index in [1.54, 1.807) is 25.3 Å². The van der Waals surface area contributed by atoms with Crippen molar-refractivity contribution in [2.24, 2.45) is 11.7 Å². The van der Waals surface area contributed by atoms with Gasteiger partial charge >= 0.3 is 5.97 Å². The molecular weight excluding hydrogens is 328 g/mol. The maximum absolute atomic E-state index is 12.0. The number of methoxy groups -OCH3 is 2. The fourth-order valence-electron chi connectivity index (χ4n) is 2.77. The molecule has 1 aromatic rings. The van der Waals surface area contributed by atoms with Crippen molar-refractivity contribution in [3.05, 3.63) is 23.8 Å². The summed E-state index contributed by atoms with van der Waals surface area (Å²) in [5.74, 6) is -0.442. The van der Waals surface area contributed by atoms with Gasteiger partial charge in [0.2, 0.25) is 5.91 Å². The Morgan fingerprint density at radius 3 is 2.56 bits per heavy atom. The minimum Gasteiger partial charge on any atom is -0.497 e. The van der Waals surface area contributed by atoms with Gasteiger partial charge in [0.1, 0.15) is 18.2 Å². The Hall–Kier alpha value is -2.32. The zero-order chi connectivity index (χ0) is 18.4. The number of carboxylic acids is 1. The van der Waals surface area contributed by atoms with E-state index in [1.807, 2.05) is 0 Å². The third kappa shape index (κ3) is 4.40. The van der Waals surface area contributed by atoms with E-state index in [9.17, 15) is 14.7 Å². The molecular formula is C17H24N2O6. The number of carbonyl (C=O) groups excluding carboxylic acids is 1. The molecule has 0 spiro atoms. The Morgan fingerprint density at radius 1 is 1.32 bits per heavy atom. The van der Waals surface area contributed by atoms with Gasteiger partial charge in [-0.3, -0.25) is 4.79 Å². The van der Waals surface area contributed by atoms with E-state index in [0.29, 0.717) is 17.1 Å². The number of nitrogens with one attached hydrogen (secondary N) is 1. The van der Waals surface area contributed by atoms with Crippen molar-refractivity contribution in [2.45, 2.75) is 24.9 Å². The molecule has 0 saturated heterocycles. The van der Waals surface area contributed by atoms with Crippen molar-refractivity contribution in [1.82, 2.24) is 5.32 Å². The minimum absolute atomic E-state index is 0.119. The number of hydrogen-bond donors (Lipinski definition) is 3. The lowest BCUT2D eigenvalue weighted by Crippen LogP contribution is -2.49. The van der Waals surface area contributed by atoms with E-state index >= 15 is 0 Å². The molecule has 1 saturated carbocycles. The Bertz CT molecular complexity index is 632. The second-order valence-electron chi connectivity index (χ2n) is 5.92. The Balaban J connectivity index is 2.24. The lowest BCUT2D eigenvalue weighted by Gasteiger charge is -2.30. The number of carbonyl (C=O) groups is 2. The van der Waals surface area contributed by atoms with Crippen LogP contribution in [0.4, 0.5) is 0 Å². The molecule has 1 aromatic carbocycles. The van der Waals surface area contributed by atoms with Crippen LogP contribution in [0.2, 0.25) is 0 Å². The molecule has 138 valence electrons. The molecule has 0 bridgehead atoms. The molecule has 4 N–H and O–H groups in total. The highest BCUT2D eigenvalue weighted by Crippen LogP contribution is 2.45. The molecule has 1 fully saturated rings. The molecule has 0 radical (unpaired) electrons. The van der Waals surface area contributed by atoms with E-state index in [0.717, 1.165) is 12.8 Å².